The molecule has 0 aromatic carbocycles. The molecule has 0 aliphatic heterocycles. The second-order valence-corrected chi connectivity index (χ2v) is 22.3. The predicted molar refractivity (Wildman–Crippen MR) is 345 cm³/mol. The van der Waals surface area contributed by atoms with Crippen molar-refractivity contribution in [3.8, 4) is 0 Å². The first-order chi connectivity index (χ1) is 39.6. The minimum atomic E-state index is -1.53. The Morgan fingerprint density at radius 2 is 0.667 bits per heavy atom. The molecular weight excluding hydrogens is 1010 g/mol. The van der Waals surface area contributed by atoms with Crippen LogP contribution in [0.1, 0.15) is 245 Å². The van der Waals surface area contributed by atoms with Gasteiger partial charge in [0.2, 0.25) is 0 Å². The van der Waals surface area contributed by atoms with Crippen LogP contribution in [0.15, 0.2) is 134 Å². The lowest BCUT2D eigenvalue weighted by atomic mass is 10.0. The second-order valence-electron chi connectivity index (χ2n) is 22.3. The van der Waals surface area contributed by atoms with Crippen molar-refractivity contribution in [3.05, 3.63) is 134 Å². The number of carbonyl (C=O) groups is 3. The zero-order valence-corrected chi connectivity index (χ0v) is 52.4. The molecule has 81 heavy (non-hydrogen) atoms. The van der Waals surface area contributed by atoms with Crippen molar-refractivity contribution in [1.29, 1.82) is 0 Å². The monoisotopic (exact) mass is 1130 g/mol. The summed E-state index contributed by atoms with van der Waals surface area (Å²) in [5.74, 6) is -2.05. The highest BCUT2D eigenvalue weighted by molar-refractivity contribution is 5.71. The zero-order valence-electron chi connectivity index (χ0n) is 52.4. The Bertz CT molecular complexity index is 1790. The molecule has 0 saturated carbocycles. The Morgan fingerprint density at radius 1 is 0.370 bits per heavy atom. The van der Waals surface area contributed by atoms with Crippen molar-refractivity contribution < 1.29 is 42.9 Å². The van der Waals surface area contributed by atoms with Gasteiger partial charge in [-0.2, -0.15) is 0 Å². The Morgan fingerprint density at radius 3 is 0.988 bits per heavy atom. The van der Waals surface area contributed by atoms with Gasteiger partial charge in [0.25, 0.3) is 6.29 Å². The zero-order chi connectivity index (χ0) is 59.1. The van der Waals surface area contributed by atoms with Crippen LogP contribution in [0.4, 0.5) is 0 Å². The van der Waals surface area contributed by atoms with Gasteiger partial charge in [0.15, 0.2) is 6.10 Å². The summed E-state index contributed by atoms with van der Waals surface area (Å²) in [7, 11) is 5.96. The molecule has 0 aromatic heterocycles. The average Bonchev–Trinajstić information content (AvgIpc) is 3.44. The van der Waals surface area contributed by atoms with Gasteiger partial charge in [-0.3, -0.25) is 9.59 Å². The number of ether oxygens (including phenoxy) is 4. The van der Waals surface area contributed by atoms with E-state index in [9.17, 15) is 19.5 Å². The maximum atomic E-state index is 12.9. The first kappa shape index (κ1) is 76.4. The van der Waals surface area contributed by atoms with Crippen LogP contribution in [0.3, 0.4) is 0 Å². The van der Waals surface area contributed by atoms with Crippen molar-refractivity contribution in [2.24, 2.45) is 0 Å². The summed E-state index contributed by atoms with van der Waals surface area (Å²) in [4.78, 5) is 37.5. The van der Waals surface area contributed by atoms with E-state index < -0.39 is 24.3 Å². The summed E-state index contributed by atoms with van der Waals surface area (Å²) in [6, 6.07) is 0. The fourth-order valence-electron chi connectivity index (χ4n) is 8.51. The molecule has 0 radical (unpaired) electrons. The standard InChI is InChI=1S/C72H119NO8/c1-6-8-10-12-14-16-18-20-22-24-26-28-30-31-32-33-34-35-36-37-38-39-41-42-44-46-48-50-52-54-56-58-60-62-69(74)79-66-68(67-80-72(71(76)77)78-65-64-73(3,4)5)81-70(75)63-61-59-57-55-53-51-49-47-45-43-40-29-27-25-23-21-19-17-15-13-11-9-7-2/h8-11,14-17,20-23,26-29,31-32,43,45,49,51,68,72H,6-7,12-13,18-19,24-25,30,33-42,44,46-48,50,52-67H2,1-5H3/p+1/b10-8-,11-9-,16-14-,17-15-,22-20-,23-21-,28-26-,29-27-,32-31-,45-43-,51-49-. The number of hydrogen-bond acceptors (Lipinski definition) is 7. The summed E-state index contributed by atoms with van der Waals surface area (Å²) >= 11 is 0. The van der Waals surface area contributed by atoms with E-state index in [4.69, 9.17) is 18.9 Å². The summed E-state index contributed by atoms with van der Waals surface area (Å²) in [6.07, 6.45) is 85.5. The van der Waals surface area contributed by atoms with Gasteiger partial charge < -0.3 is 28.5 Å². The maximum absolute atomic E-state index is 12.9. The third kappa shape index (κ3) is 62.9. The van der Waals surface area contributed by atoms with Crippen molar-refractivity contribution in [3.63, 3.8) is 0 Å². The number of esters is 2. The average molecular weight is 1130 g/mol. The lowest BCUT2D eigenvalue weighted by molar-refractivity contribution is -0.870. The van der Waals surface area contributed by atoms with Gasteiger partial charge in [0.1, 0.15) is 13.2 Å². The molecule has 460 valence electrons. The smallest absolute Gasteiger partial charge is 0.361 e. The quantitative estimate of drug-likeness (QED) is 0.0211. The normalized spacial score (nSPS) is 13.6. The Kier molecular flexibility index (Phi) is 58.0. The molecular formula is C72H120NO8+. The molecule has 0 bridgehead atoms. The lowest BCUT2D eigenvalue weighted by Gasteiger charge is -2.25. The van der Waals surface area contributed by atoms with E-state index in [0.717, 1.165) is 116 Å². The van der Waals surface area contributed by atoms with E-state index in [1.54, 1.807) is 0 Å². The number of likely N-dealkylation sites (N-methyl/N-ethyl adjacent to an activating group) is 1. The van der Waals surface area contributed by atoms with Gasteiger partial charge in [-0.1, -0.05) is 257 Å². The van der Waals surface area contributed by atoms with Gasteiger partial charge in [0.05, 0.1) is 34.4 Å². The molecule has 2 atom stereocenters. The fourth-order valence-corrected chi connectivity index (χ4v) is 8.51. The molecule has 9 nitrogen and oxygen atoms in total. The molecule has 0 rings (SSSR count). The number of carboxylic acids is 1. The van der Waals surface area contributed by atoms with Crippen LogP contribution in [0.5, 0.6) is 0 Å². The molecule has 0 spiro atoms. The van der Waals surface area contributed by atoms with Gasteiger partial charge in [-0.25, -0.2) is 4.79 Å². The van der Waals surface area contributed by atoms with Crippen LogP contribution in [-0.2, 0) is 33.3 Å². The molecule has 1 N–H and O–H groups in total. The number of nitrogens with zero attached hydrogens (tertiary/aromatic N) is 1. The minimum absolute atomic E-state index is 0.176. The van der Waals surface area contributed by atoms with Crippen LogP contribution in [0.25, 0.3) is 0 Å². The number of unbranched alkanes of at least 4 members (excludes halogenated alkanes) is 21. The maximum Gasteiger partial charge on any atom is 0.361 e. The van der Waals surface area contributed by atoms with Crippen LogP contribution in [0.2, 0.25) is 0 Å². The number of hydrogen-bond donors (Lipinski definition) is 1. The Hall–Kier alpha value is -4.57. The third-order valence-electron chi connectivity index (χ3n) is 13.4. The predicted octanol–water partition coefficient (Wildman–Crippen LogP) is 19.8. The number of aliphatic carboxylic acids is 1. The van der Waals surface area contributed by atoms with Crippen molar-refractivity contribution in [2.45, 2.75) is 257 Å². The molecule has 2 unspecified atom stereocenters. The first-order valence-corrected chi connectivity index (χ1v) is 32.3. The van der Waals surface area contributed by atoms with Gasteiger partial charge in [0, 0.05) is 12.8 Å². The van der Waals surface area contributed by atoms with Gasteiger partial charge in [-0.05, 0) is 109 Å². The summed E-state index contributed by atoms with van der Waals surface area (Å²) in [6.45, 7) is 4.62. The highest BCUT2D eigenvalue weighted by Gasteiger charge is 2.25. The van der Waals surface area contributed by atoms with Crippen LogP contribution in [0, 0.1) is 0 Å². The highest BCUT2D eigenvalue weighted by Crippen LogP contribution is 2.16. The van der Waals surface area contributed by atoms with E-state index in [0.29, 0.717) is 17.4 Å². The molecule has 0 aliphatic rings. The summed E-state index contributed by atoms with van der Waals surface area (Å²) < 4.78 is 22.9. The Labute approximate surface area is 497 Å². The van der Waals surface area contributed by atoms with E-state index in [-0.39, 0.29) is 38.6 Å². The van der Waals surface area contributed by atoms with Crippen molar-refractivity contribution >= 4 is 17.9 Å². The SMILES string of the molecule is CC/C=C\C/C=C\C/C=C\C/C=C\C/C=C\C/C=C\CCCCCCC(=O)OC(COC(=O)CCCCCCCCCCCCCCCCCCC/C=C\C/C=C\C/C=C\C/C=C\C/C=C\CC)COC(OCC[N+](C)(C)C)C(=O)O. The minimum Gasteiger partial charge on any atom is -0.477 e. The Balaban J connectivity index is 4.19. The van der Waals surface area contributed by atoms with E-state index in [1.807, 2.05) is 21.1 Å². The highest BCUT2D eigenvalue weighted by atomic mass is 16.7. The van der Waals surface area contributed by atoms with Crippen molar-refractivity contribution in [1.82, 2.24) is 0 Å². The first-order valence-electron chi connectivity index (χ1n) is 32.3. The molecule has 0 fully saturated rings. The number of rotatable bonds is 58. The molecule has 9 heteroatoms. The number of carbonyl (C=O) groups excluding carboxylic acids is 2. The number of quaternary nitrogens is 1. The molecule has 0 aromatic rings. The topological polar surface area (TPSA) is 108 Å². The summed E-state index contributed by atoms with van der Waals surface area (Å²) in [5.41, 5.74) is 0. The third-order valence-corrected chi connectivity index (χ3v) is 13.4. The molecule has 0 heterocycles. The second kappa shape index (κ2) is 61.5. The molecule has 0 aliphatic carbocycles. The largest absolute Gasteiger partial charge is 0.477 e. The van der Waals surface area contributed by atoms with Gasteiger partial charge in [-0.15, -0.1) is 0 Å². The fraction of sp³-hybridized carbons (Fsp3) is 0.653. The van der Waals surface area contributed by atoms with Crippen LogP contribution < -0.4 is 0 Å². The van der Waals surface area contributed by atoms with E-state index in [1.165, 1.54) is 96.3 Å². The van der Waals surface area contributed by atoms with Crippen LogP contribution >= 0.6 is 0 Å². The lowest BCUT2D eigenvalue weighted by Crippen LogP contribution is -2.40. The van der Waals surface area contributed by atoms with Gasteiger partial charge >= 0.3 is 17.9 Å². The van der Waals surface area contributed by atoms with Crippen LogP contribution in [-0.4, -0.2) is 87.4 Å². The molecule has 0 saturated heterocycles. The van der Waals surface area contributed by atoms with Crippen molar-refractivity contribution in [2.75, 3.05) is 47.5 Å². The number of carboxylic acid groups (broad SMARTS) is 1. The van der Waals surface area contributed by atoms with E-state index in [2.05, 4.69) is 148 Å². The summed E-state index contributed by atoms with van der Waals surface area (Å²) in [5, 5.41) is 9.73. The number of allylic oxidation sites excluding steroid dienone is 22. The molecule has 0 amide bonds. The van der Waals surface area contributed by atoms with E-state index >= 15 is 0 Å².